The zero-order chi connectivity index (χ0) is 28.5. The topological polar surface area (TPSA) is 95.0 Å². The molecule has 210 valence electrons. The van der Waals surface area contributed by atoms with Gasteiger partial charge in [-0.15, -0.1) is 11.3 Å². The van der Waals surface area contributed by atoms with Crippen molar-refractivity contribution in [3.8, 4) is 10.4 Å². The van der Waals surface area contributed by atoms with E-state index in [2.05, 4.69) is 10.3 Å². The summed E-state index contributed by atoms with van der Waals surface area (Å²) in [6.45, 7) is 3.26. The summed E-state index contributed by atoms with van der Waals surface area (Å²) in [7, 11) is 0. The molecule has 41 heavy (non-hydrogen) atoms. The molecule has 1 saturated heterocycles. The largest absolute Gasteiger partial charge is 0.372 e. The summed E-state index contributed by atoms with van der Waals surface area (Å²) in [5.41, 5.74) is 3.94. The first kappa shape index (κ1) is 27.1. The number of fused-ring (bicyclic) bond motifs is 3. The van der Waals surface area contributed by atoms with E-state index in [1.807, 2.05) is 35.2 Å². The van der Waals surface area contributed by atoms with E-state index in [9.17, 15) is 19.1 Å². The number of amides is 2. The molecule has 4 aromatic rings. The number of pyridine rings is 1. The highest BCUT2D eigenvalue weighted by atomic mass is 32.1. The first-order chi connectivity index (χ1) is 19.9. The van der Waals surface area contributed by atoms with Crippen LogP contribution in [0.3, 0.4) is 0 Å². The van der Waals surface area contributed by atoms with Crippen LogP contribution < -0.4 is 15.1 Å². The molecule has 0 bridgehead atoms. The zero-order valence-electron chi connectivity index (χ0n) is 22.5. The molecule has 1 fully saturated rings. The van der Waals surface area contributed by atoms with Gasteiger partial charge in [-0.2, -0.15) is 0 Å². The maximum atomic E-state index is 14.4. The first-order valence-corrected chi connectivity index (χ1v) is 14.3. The lowest BCUT2D eigenvalue weighted by Crippen LogP contribution is -2.34. The van der Waals surface area contributed by atoms with Crippen LogP contribution in [0.25, 0.3) is 10.4 Å². The quantitative estimate of drug-likeness (QED) is 0.336. The van der Waals surface area contributed by atoms with Gasteiger partial charge in [0, 0.05) is 35.8 Å². The van der Waals surface area contributed by atoms with E-state index in [0.29, 0.717) is 54.5 Å². The number of thiophene rings is 1. The van der Waals surface area contributed by atoms with Gasteiger partial charge in [0.2, 0.25) is 0 Å². The normalized spacial score (nSPS) is 15.9. The van der Waals surface area contributed by atoms with Crippen LogP contribution in [0.15, 0.2) is 66.7 Å². The number of ether oxygens (including phenoxy) is 1. The van der Waals surface area contributed by atoms with Gasteiger partial charge in [0.1, 0.15) is 18.2 Å². The number of nitrogens with zero attached hydrogens (tertiary/aromatic N) is 3. The van der Waals surface area contributed by atoms with Crippen LogP contribution in [-0.2, 0) is 16.0 Å². The van der Waals surface area contributed by atoms with E-state index in [0.717, 1.165) is 21.7 Å². The molecule has 0 aliphatic carbocycles. The van der Waals surface area contributed by atoms with Crippen molar-refractivity contribution >= 4 is 40.3 Å². The lowest BCUT2D eigenvalue weighted by molar-refractivity contribution is -0.122. The number of carbonyl (C=O) groups excluding carboxylic acids is 2. The minimum atomic E-state index is -1.06. The van der Waals surface area contributed by atoms with Crippen molar-refractivity contribution in [2.24, 2.45) is 0 Å². The molecule has 0 saturated carbocycles. The molecule has 4 heterocycles. The number of aromatic nitrogens is 1. The molecule has 0 spiro atoms. The van der Waals surface area contributed by atoms with E-state index >= 15 is 0 Å². The third-order valence-electron chi connectivity index (χ3n) is 7.36. The van der Waals surface area contributed by atoms with Gasteiger partial charge in [0.15, 0.2) is 6.23 Å². The summed E-state index contributed by atoms with van der Waals surface area (Å²) in [6, 6.07) is 19.6. The molecular weight excluding hydrogens is 543 g/mol. The Kier molecular flexibility index (Phi) is 7.53. The van der Waals surface area contributed by atoms with Crippen molar-refractivity contribution in [3.63, 3.8) is 0 Å². The number of rotatable bonds is 5. The Balaban J connectivity index is 1.29. The molecule has 2 N–H and O–H groups in total. The number of hydrogen-bond acceptors (Lipinski definition) is 7. The SMILES string of the molecule is Cc1cccc(F)c1NC(=O)c1cc2c(s1)-c1ccccc1N(C(O)c1cccc(N3CCCOCC3=O)n1)CC2. The lowest BCUT2D eigenvalue weighted by Gasteiger charge is -2.30. The molecule has 2 aliphatic rings. The van der Waals surface area contributed by atoms with Gasteiger partial charge >= 0.3 is 0 Å². The summed E-state index contributed by atoms with van der Waals surface area (Å²) < 4.78 is 19.7. The molecular formula is C31H29FN4O4S. The molecule has 0 radical (unpaired) electrons. The minimum Gasteiger partial charge on any atom is -0.372 e. The Bertz CT molecular complexity index is 1600. The number of hydrogen-bond donors (Lipinski definition) is 2. The second-order valence-electron chi connectivity index (χ2n) is 10.1. The van der Waals surface area contributed by atoms with Crippen LogP contribution >= 0.6 is 11.3 Å². The average molecular weight is 573 g/mol. The number of carbonyl (C=O) groups is 2. The number of nitrogens with one attached hydrogen (secondary N) is 1. The fourth-order valence-corrected chi connectivity index (χ4v) is 6.41. The third-order valence-corrected chi connectivity index (χ3v) is 8.57. The average Bonchev–Trinajstić information content (AvgIpc) is 3.20. The second kappa shape index (κ2) is 11.4. The first-order valence-electron chi connectivity index (χ1n) is 13.5. The van der Waals surface area contributed by atoms with Crippen molar-refractivity contribution in [2.45, 2.75) is 26.0 Å². The summed E-state index contributed by atoms with van der Waals surface area (Å²) in [5.74, 6) is -0.506. The number of aliphatic hydroxyl groups is 1. The molecule has 2 amide bonds. The van der Waals surface area contributed by atoms with E-state index in [-0.39, 0.29) is 24.1 Å². The standard InChI is InChI=1S/C31H29FN4O4S/c1-19-7-4-9-22(32)28(19)34-30(38)25-17-20-13-15-35(24-11-3-2-8-21(24)29(20)41-25)31(39)23-10-5-12-26(33-23)36-14-6-16-40-18-27(36)37/h2-5,7-12,17,31,39H,6,13-16,18H2,1H3,(H,34,38). The monoisotopic (exact) mass is 572 g/mol. The van der Waals surface area contributed by atoms with E-state index in [1.165, 1.54) is 17.4 Å². The highest BCUT2D eigenvalue weighted by molar-refractivity contribution is 7.17. The van der Waals surface area contributed by atoms with Crippen LogP contribution in [-0.4, -0.2) is 48.2 Å². The Morgan fingerprint density at radius 1 is 1.12 bits per heavy atom. The number of anilines is 3. The van der Waals surface area contributed by atoms with Gasteiger partial charge in [-0.25, -0.2) is 9.37 Å². The van der Waals surface area contributed by atoms with Crippen molar-refractivity contribution < 1.29 is 23.8 Å². The van der Waals surface area contributed by atoms with E-state index in [1.54, 1.807) is 42.2 Å². The Labute approximate surface area is 241 Å². The summed E-state index contributed by atoms with van der Waals surface area (Å²) in [4.78, 5) is 35.3. The fourth-order valence-electron chi connectivity index (χ4n) is 5.27. The van der Waals surface area contributed by atoms with Gasteiger partial charge in [-0.3, -0.25) is 14.5 Å². The zero-order valence-corrected chi connectivity index (χ0v) is 23.3. The number of halogens is 1. The predicted molar refractivity (Wildman–Crippen MR) is 157 cm³/mol. The maximum Gasteiger partial charge on any atom is 0.265 e. The summed E-state index contributed by atoms with van der Waals surface area (Å²) in [5, 5.41) is 14.3. The van der Waals surface area contributed by atoms with Gasteiger partial charge < -0.3 is 20.1 Å². The number of aryl methyl sites for hydroxylation is 1. The van der Waals surface area contributed by atoms with Crippen LogP contribution in [0.1, 0.15) is 39.1 Å². The Morgan fingerprint density at radius 2 is 1.95 bits per heavy atom. The van der Waals surface area contributed by atoms with Crippen LogP contribution in [0.4, 0.5) is 21.6 Å². The van der Waals surface area contributed by atoms with Crippen molar-refractivity contribution in [1.29, 1.82) is 0 Å². The van der Waals surface area contributed by atoms with Gasteiger partial charge in [-0.1, -0.05) is 36.4 Å². The second-order valence-corrected chi connectivity index (χ2v) is 11.1. The van der Waals surface area contributed by atoms with Gasteiger partial charge in [-0.05, 0) is 61.2 Å². The highest BCUT2D eigenvalue weighted by Crippen LogP contribution is 2.43. The molecule has 2 aromatic carbocycles. The maximum absolute atomic E-state index is 14.4. The molecule has 2 aromatic heterocycles. The van der Waals surface area contributed by atoms with E-state index in [4.69, 9.17) is 4.74 Å². The smallest absolute Gasteiger partial charge is 0.265 e. The minimum absolute atomic E-state index is 0.0102. The summed E-state index contributed by atoms with van der Waals surface area (Å²) >= 11 is 1.35. The number of para-hydroxylation sites is 2. The fraction of sp³-hybridized carbons (Fsp3) is 0.258. The molecule has 10 heteroatoms. The number of benzene rings is 2. The number of aliphatic hydroxyl groups excluding tert-OH is 1. The van der Waals surface area contributed by atoms with Crippen molar-refractivity contribution in [1.82, 2.24) is 4.98 Å². The Morgan fingerprint density at radius 3 is 2.80 bits per heavy atom. The van der Waals surface area contributed by atoms with Crippen LogP contribution in [0.2, 0.25) is 0 Å². The molecule has 1 atom stereocenters. The van der Waals surface area contributed by atoms with Crippen molar-refractivity contribution in [2.75, 3.05) is 41.4 Å². The molecule has 6 rings (SSSR count). The van der Waals surface area contributed by atoms with Crippen molar-refractivity contribution in [3.05, 3.63) is 94.2 Å². The van der Waals surface area contributed by atoms with Gasteiger partial charge in [0.05, 0.1) is 16.3 Å². The third kappa shape index (κ3) is 5.33. The lowest BCUT2D eigenvalue weighted by atomic mass is 10.1. The van der Waals surface area contributed by atoms with Gasteiger partial charge in [0.25, 0.3) is 11.8 Å². The molecule has 8 nitrogen and oxygen atoms in total. The Hall–Kier alpha value is -4.12. The van der Waals surface area contributed by atoms with Crippen LogP contribution in [0.5, 0.6) is 0 Å². The predicted octanol–water partition coefficient (Wildman–Crippen LogP) is 5.32. The highest BCUT2D eigenvalue weighted by Gasteiger charge is 2.29. The summed E-state index contributed by atoms with van der Waals surface area (Å²) in [6.07, 6.45) is 0.225. The van der Waals surface area contributed by atoms with E-state index < -0.39 is 12.0 Å². The molecule has 2 aliphatic heterocycles. The van der Waals surface area contributed by atoms with Crippen LogP contribution in [0, 0.1) is 12.7 Å². The molecule has 1 unspecified atom stereocenters.